The zero-order valence-electron chi connectivity index (χ0n) is 16.4. The predicted molar refractivity (Wildman–Crippen MR) is 106 cm³/mol. The zero-order chi connectivity index (χ0) is 20.5. The molecule has 2 aliphatic heterocycles. The Morgan fingerprint density at radius 1 is 1.17 bits per heavy atom. The number of anilines is 1. The van der Waals surface area contributed by atoms with E-state index in [4.69, 9.17) is 0 Å². The van der Waals surface area contributed by atoms with E-state index in [-0.39, 0.29) is 29.6 Å². The summed E-state index contributed by atoms with van der Waals surface area (Å²) in [5.41, 5.74) is 1.96. The van der Waals surface area contributed by atoms with Crippen LogP contribution in [0.1, 0.15) is 48.7 Å². The van der Waals surface area contributed by atoms with Gasteiger partial charge in [0.25, 0.3) is 11.8 Å². The standard InChI is InChI=1S/C21H23N5O3/c1-13(2)14-3-5-16(6-4-14)26-20(28)18-11-15(7-10-25(18)21(26)29)24-19(27)17-12-22-8-9-23-17/h3-6,8-9,12-13,15,18H,7,10-11H2,1-2H3,(H,24,27)/t15-,18-/m0/s1. The van der Waals surface area contributed by atoms with Gasteiger partial charge >= 0.3 is 6.03 Å². The Morgan fingerprint density at radius 3 is 2.59 bits per heavy atom. The third-order valence-electron chi connectivity index (χ3n) is 5.49. The van der Waals surface area contributed by atoms with Crippen LogP contribution in [0.15, 0.2) is 42.9 Å². The number of nitrogens with zero attached hydrogens (tertiary/aromatic N) is 4. The second kappa shape index (κ2) is 7.62. The number of rotatable bonds is 4. The van der Waals surface area contributed by atoms with Gasteiger partial charge in [0.2, 0.25) is 0 Å². The molecule has 2 aromatic rings. The lowest BCUT2D eigenvalue weighted by Gasteiger charge is -2.32. The van der Waals surface area contributed by atoms with Crippen molar-refractivity contribution in [1.29, 1.82) is 0 Å². The maximum absolute atomic E-state index is 13.0. The molecule has 4 rings (SSSR count). The predicted octanol–water partition coefficient (Wildman–Crippen LogP) is 2.33. The van der Waals surface area contributed by atoms with Gasteiger partial charge in [-0.3, -0.25) is 14.6 Å². The highest BCUT2D eigenvalue weighted by atomic mass is 16.2. The Kier molecular flexibility index (Phi) is 5.00. The molecule has 2 saturated heterocycles. The number of amides is 4. The minimum Gasteiger partial charge on any atom is -0.348 e. The van der Waals surface area contributed by atoms with Crippen molar-refractivity contribution in [3.63, 3.8) is 0 Å². The fourth-order valence-corrected chi connectivity index (χ4v) is 3.85. The summed E-state index contributed by atoms with van der Waals surface area (Å²) in [6, 6.07) is 6.46. The summed E-state index contributed by atoms with van der Waals surface area (Å²) in [6.07, 6.45) is 5.33. The average molecular weight is 393 g/mol. The number of nitrogens with one attached hydrogen (secondary N) is 1. The number of piperidine rings is 1. The van der Waals surface area contributed by atoms with Crippen LogP contribution in [-0.4, -0.2) is 51.3 Å². The first kappa shape index (κ1) is 19.0. The molecular weight excluding hydrogens is 370 g/mol. The summed E-state index contributed by atoms with van der Waals surface area (Å²) in [6.45, 7) is 4.61. The Balaban J connectivity index is 1.47. The molecule has 0 radical (unpaired) electrons. The lowest BCUT2D eigenvalue weighted by molar-refractivity contribution is -0.120. The number of fused-ring (bicyclic) bond motifs is 1. The number of hydrogen-bond donors (Lipinski definition) is 1. The van der Waals surface area contributed by atoms with Crippen molar-refractivity contribution in [2.75, 3.05) is 11.4 Å². The van der Waals surface area contributed by atoms with Crippen LogP contribution in [0, 0.1) is 0 Å². The molecule has 2 atom stereocenters. The maximum atomic E-state index is 13.0. The Hall–Kier alpha value is -3.29. The number of imide groups is 1. The van der Waals surface area contributed by atoms with Crippen LogP contribution in [0.2, 0.25) is 0 Å². The van der Waals surface area contributed by atoms with Gasteiger partial charge in [0.1, 0.15) is 11.7 Å². The smallest absolute Gasteiger partial charge is 0.332 e. The van der Waals surface area contributed by atoms with Crippen molar-refractivity contribution < 1.29 is 14.4 Å². The molecule has 0 spiro atoms. The Bertz CT molecular complexity index is 929. The monoisotopic (exact) mass is 393 g/mol. The molecule has 0 bridgehead atoms. The van der Waals surface area contributed by atoms with E-state index < -0.39 is 6.04 Å². The van der Waals surface area contributed by atoms with Crippen LogP contribution >= 0.6 is 0 Å². The fraction of sp³-hybridized carbons (Fsp3) is 0.381. The molecule has 4 amide bonds. The quantitative estimate of drug-likeness (QED) is 0.805. The van der Waals surface area contributed by atoms with Crippen molar-refractivity contribution in [3.05, 3.63) is 54.1 Å². The first-order valence-electron chi connectivity index (χ1n) is 9.77. The van der Waals surface area contributed by atoms with Crippen molar-refractivity contribution in [3.8, 4) is 0 Å². The highest BCUT2D eigenvalue weighted by Crippen LogP contribution is 2.31. The van der Waals surface area contributed by atoms with E-state index in [2.05, 4.69) is 29.1 Å². The van der Waals surface area contributed by atoms with Crippen LogP contribution < -0.4 is 10.2 Å². The number of benzene rings is 1. The third kappa shape index (κ3) is 3.57. The van der Waals surface area contributed by atoms with Crippen molar-refractivity contribution in [2.45, 2.75) is 44.7 Å². The fourth-order valence-electron chi connectivity index (χ4n) is 3.85. The number of aromatic nitrogens is 2. The molecule has 1 N–H and O–H groups in total. The van der Waals surface area contributed by atoms with Crippen molar-refractivity contribution in [1.82, 2.24) is 20.2 Å². The number of hydrogen-bond acceptors (Lipinski definition) is 5. The molecule has 8 nitrogen and oxygen atoms in total. The molecule has 0 aliphatic carbocycles. The zero-order valence-corrected chi connectivity index (χ0v) is 16.4. The van der Waals surface area contributed by atoms with Crippen molar-refractivity contribution in [2.24, 2.45) is 0 Å². The summed E-state index contributed by atoms with van der Waals surface area (Å²) < 4.78 is 0. The third-order valence-corrected chi connectivity index (χ3v) is 5.49. The molecule has 1 aromatic heterocycles. The van der Waals surface area contributed by atoms with Crippen LogP contribution in [-0.2, 0) is 4.79 Å². The van der Waals surface area contributed by atoms with E-state index in [0.29, 0.717) is 31.0 Å². The summed E-state index contributed by atoms with van der Waals surface area (Å²) in [4.78, 5) is 48.9. The van der Waals surface area contributed by atoms with Crippen LogP contribution in [0.25, 0.3) is 0 Å². The van der Waals surface area contributed by atoms with E-state index in [1.807, 2.05) is 24.3 Å². The van der Waals surface area contributed by atoms with E-state index in [1.54, 1.807) is 4.90 Å². The van der Waals surface area contributed by atoms with E-state index in [9.17, 15) is 14.4 Å². The number of carbonyl (C=O) groups is 3. The molecule has 2 aliphatic rings. The normalized spacial score (nSPS) is 21.5. The molecule has 0 unspecified atom stereocenters. The van der Waals surface area contributed by atoms with E-state index in [0.717, 1.165) is 5.56 Å². The van der Waals surface area contributed by atoms with Gasteiger partial charge in [-0.1, -0.05) is 26.0 Å². The molecular formula is C21H23N5O3. The largest absolute Gasteiger partial charge is 0.348 e. The molecule has 1 aromatic carbocycles. The highest BCUT2D eigenvalue weighted by Gasteiger charge is 2.48. The van der Waals surface area contributed by atoms with Gasteiger partial charge < -0.3 is 10.2 Å². The lowest BCUT2D eigenvalue weighted by Crippen LogP contribution is -2.49. The van der Waals surface area contributed by atoms with Crippen LogP contribution in [0.5, 0.6) is 0 Å². The molecule has 2 fully saturated rings. The van der Waals surface area contributed by atoms with Crippen LogP contribution in [0.4, 0.5) is 10.5 Å². The van der Waals surface area contributed by atoms with Gasteiger partial charge in [-0.15, -0.1) is 0 Å². The minimum atomic E-state index is -0.562. The Morgan fingerprint density at radius 2 is 1.93 bits per heavy atom. The lowest BCUT2D eigenvalue weighted by atomic mass is 9.97. The molecule has 0 saturated carbocycles. The molecule has 8 heteroatoms. The second-order valence-electron chi connectivity index (χ2n) is 7.70. The summed E-state index contributed by atoms with van der Waals surface area (Å²) in [5, 5.41) is 2.91. The van der Waals surface area contributed by atoms with Gasteiger partial charge in [0.05, 0.1) is 11.9 Å². The summed E-state index contributed by atoms with van der Waals surface area (Å²) >= 11 is 0. The van der Waals surface area contributed by atoms with Gasteiger partial charge in [-0.25, -0.2) is 14.7 Å². The topological polar surface area (TPSA) is 95.5 Å². The van der Waals surface area contributed by atoms with E-state index >= 15 is 0 Å². The molecule has 3 heterocycles. The number of urea groups is 1. The summed E-state index contributed by atoms with van der Waals surface area (Å²) in [7, 11) is 0. The average Bonchev–Trinajstić information content (AvgIpc) is 2.98. The van der Waals surface area contributed by atoms with Gasteiger partial charge in [0, 0.05) is 25.0 Å². The summed E-state index contributed by atoms with van der Waals surface area (Å²) in [5.74, 6) is -0.195. The van der Waals surface area contributed by atoms with E-state index in [1.165, 1.54) is 23.5 Å². The van der Waals surface area contributed by atoms with Crippen LogP contribution in [0.3, 0.4) is 0 Å². The molecule has 150 valence electrons. The number of carbonyl (C=O) groups excluding carboxylic acids is 3. The molecule has 29 heavy (non-hydrogen) atoms. The van der Waals surface area contributed by atoms with Gasteiger partial charge in [0.15, 0.2) is 0 Å². The maximum Gasteiger partial charge on any atom is 0.332 e. The van der Waals surface area contributed by atoms with Gasteiger partial charge in [-0.2, -0.15) is 0 Å². The minimum absolute atomic E-state index is 0.203. The second-order valence-corrected chi connectivity index (χ2v) is 7.70. The SMILES string of the molecule is CC(C)c1ccc(N2C(=O)[C@@H]3C[C@@H](NC(=O)c4cnccn4)CCN3C2=O)cc1. The first-order valence-corrected chi connectivity index (χ1v) is 9.77. The van der Waals surface area contributed by atoms with Crippen molar-refractivity contribution >= 4 is 23.5 Å². The highest BCUT2D eigenvalue weighted by molar-refractivity contribution is 6.21. The van der Waals surface area contributed by atoms with Gasteiger partial charge in [-0.05, 0) is 36.5 Å². The first-order chi connectivity index (χ1) is 14.0. The Labute approximate surface area is 168 Å².